The number of halogens is 2. The van der Waals surface area contributed by atoms with Gasteiger partial charge in [0.05, 0.1) is 12.5 Å². The number of likely N-dealkylation sites (tertiary alicyclic amines) is 1. The first-order valence-corrected chi connectivity index (χ1v) is 15.8. The number of aromatic amines is 1. The number of carbonyl (C=O) groups is 2. The lowest BCUT2D eigenvalue weighted by molar-refractivity contribution is -0.136. The topological polar surface area (TPSA) is 59.7 Å². The van der Waals surface area contributed by atoms with Gasteiger partial charge in [-0.2, -0.15) is 0 Å². The van der Waals surface area contributed by atoms with Crippen LogP contribution in [-0.2, 0) is 16.1 Å². The van der Waals surface area contributed by atoms with Gasteiger partial charge in [0.2, 0.25) is 11.8 Å². The first-order valence-electron chi connectivity index (χ1n) is 13.8. The van der Waals surface area contributed by atoms with Gasteiger partial charge in [0, 0.05) is 69.8 Å². The van der Waals surface area contributed by atoms with Crippen molar-refractivity contribution in [3.63, 3.8) is 0 Å². The third-order valence-electron chi connectivity index (χ3n) is 8.20. The van der Waals surface area contributed by atoms with Crippen LogP contribution < -0.4 is 0 Å². The number of amides is 2. The zero-order chi connectivity index (χ0) is 28.7. The summed E-state index contributed by atoms with van der Waals surface area (Å²) in [6, 6.07) is 21.5. The van der Waals surface area contributed by atoms with Crippen LogP contribution in [-0.4, -0.2) is 69.5 Å². The van der Waals surface area contributed by atoms with E-state index >= 15 is 0 Å². The zero-order valence-corrected chi connectivity index (χ0v) is 26.2. The summed E-state index contributed by atoms with van der Waals surface area (Å²) >= 11 is 11.4. The van der Waals surface area contributed by atoms with Gasteiger partial charge in [-0.3, -0.25) is 9.59 Å². The quantitative estimate of drug-likeness (QED) is 0.253. The maximum absolute atomic E-state index is 14.9. The lowest BCUT2D eigenvalue weighted by Crippen LogP contribution is -2.55. The predicted octanol–water partition coefficient (Wildman–Crippen LogP) is 6.67. The minimum atomic E-state index is -1.05. The number of piperazine rings is 1. The lowest BCUT2D eigenvalue weighted by atomic mass is 9.90. The van der Waals surface area contributed by atoms with E-state index in [1.807, 2.05) is 58.5 Å². The molecule has 3 aromatic carbocycles. The average molecular weight is 652 g/mol. The Morgan fingerprint density at radius 3 is 2.46 bits per heavy atom. The summed E-state index contributed by atoms with van der Waals surface area (Å²) in [5, 5.41) is 1.60. The van der Waals surface area contributed by atoms with Gasteiger partial charge in [0.1, 0.15) is 4.75 Å². The van der Waals surface area contributed by atoms with Crippen molar-refractivity contribution < 1.29 is 9.59 Å². The second-order valence-electron chi connectivity index (χ2n) is 11.1. The molecule has 6 nitrogen and oxygen atoms in total. The molecule has 2 amide bonds. The Balaban J connectivity index is 1.52. The second-order valence-corrected chi connectivity index (χ2v) is 13.8. The molecule has 0 saturated carbocycles. The normalized spacial score (nSPS) is 21.7. The molecule has 41 heavy (non-hydrogen) atoms. The molecule has 2 saturated heterocycles. The van der Waals surface area contributed by atoms with Crippen LogP contribution in [0.25, 0.3) is 10.9 Å². The minimum absolute atomic E-state index is 0.0242. The maximum atomic E-state index is 14.9. The Kier molecular flexibility index (Phi) is 7.94. The van der Waals surface area contributed by atoms with Gasteiger partial charge in [0.15, 0.2) is 0 Å². The fourth-order valence-electron chi connectivity index (χ4n) is 5.97. The van der Waals surface area contributed by atoms with Gasteiger partial charge in [-0.1, -0.05) is 63.4 Å². The number of hydrogen-bond acceptors (Lipinski definition) is 4. The molecule has 1 N–H and O–H groups in total. The number of rotatable bonds is 6. The summed E-state index contributed by atoms with van der Waals surface area (Å²) in [4.78, 5) is 39.5. The highest BCUT2D eigenvalue weighted by Gasteiger charge is 2.59. The van der Waals surface area contributed by atoms with Crippen molar-refractivity contribution in [1.29, 1.82) is 0 Å². The lowest BCUT2D eigenvalue weighted by Gasteiger charge is -2.42. The van der Waals surface area contributed by atoms with Crippen molar-refractivity contribution in [2.45, 2.75) is 35.6 Å². The first kappa shape index (κ1) is 28.3. The molecule has 2 atom stereocenters. The molecular weight excluding hydrogens is 620 g/mol. The number of fused-ring (bicyclic) bond motifs is 1. The molecule has 3 heterocycles. The molecule has 0 spiro atoms. The predicted molar refractivity (Wildman–Crippen MR) is 169 cm³/mol. The summed E-state index contributed by atoms with van der Waals surface area (Å²) in [5.41, 5.74) is 3.98. The highest BCUT2D eigenvalue weighted by atomic mass is 79.9. The van der Waals surface area contributed by atoms with E-state index in [9.17, 15) is 9.59 Å². The summed E-state index contributed by atoms with van der Waals surface area (Å²) in [5.74, 6) is -0.000494. The van der Waals surface area contributed by atoms with E-state index in [2.05, 4.69) is 64.1 Å². The molecule has 0 unspecified atom stereocenters. The van der Waals surface area contributed by atoms with Crippen molar-refractivity contribution in [3.05, 3.63) is 99.1 Å². The van der Waals surface area contributed by atoms with Crippen molar-refractivity contribution in [1.82, 2.24) is 19.7 Å². The molecule has 212 valence electrons. The van der Waals surface area contributed by atoms with Gasteiger partial charge in [-0.25, -0.2) is 0 Å². The number of thioether (sulfide) groups is 1. The molecule has 4 aromatic rings. The highest BCUT2D eigenvalue weighted by Crippen LogP contribution is 2.55. The summed E-state index contributed by atoms with van der Waals surface area (Å²) in [7, 11) is 2.08. The molecule has 0 bridgehead atoms. The van der Waals surface area contributed by atoms with E-state index in [1.165, 1.54) is 11.8 Å². The van der Waals surface area contributed by atoms with Crippen molar-refractivity contribution in [2.75, 3.05) is 33.2 Å². The van der Waals surface area contributed by atoms with Crippen molar-refractivity contribution >= 4 is 62.0 Å². The average Bonchev–Trinajstić information content (AvgIpc) is 3.48. The number of benzene rings is 3. The van der Waals surface area contributed by atoms with Crippen LogP contribution in [0.2, 0.25) is 5.02 Å². The number of nitrogens with zero attached hydrogens (tertiary/aromatic N) is 3. The molecule has 1 aromatic heterocycles. The van der Waals surface area contributed by atoms with Gasteiger partial charge < -0.3 is 19.7 Å². The number of carbonyl (C=O) groups excluding carboxylic acids is 2. The van der Waals surface area contributed by atoms with Gasteiger partial charge in [-0.05, 0) is 55.9 Å². The Bertz CT molecular complexity index is 1580. The van der Waals surface area contributed by atoms with E-state index in [1.54, 1.807) is 0 Å². The molecule has 2 fully saturated rings. The smallest absolute Gasteiger partial charge is 0.242 e. The standard InChI is InChI=1S/C32H32BrClN4O2S/c1-21-3-10-25(11-4-21)41-32(31(40)37-15-13-36(2)14-16-37)18-29(39)38(20-22-5-7-23(33)8-6-22)30(32)27-19-35-28-17-24(34)9-12-26(27)28/h3-12,17,19,30,35H,13-16,18,20H2,1-2H3/t30-,32-/m0/s1. The van der Waals surface area contributed by atoms with E-state index in [0.717, 1.165) is 50.1 Å². The Labute approximate surface area is 258 Å². The Hall–Kier alpha value is -2.78. The van der Waals surface area contributed by atoms with Crippen LogP contribution in [0.4, 0.5) is 0 Å². The van der Waals surface area contributed by atoms with Crippen molar-refractivity contribution in [3.8, 4) is 0 Å². The van der Waals surface area contributed by atoms with E-state index < -0.39 is 10.8 Å². The molecule has 2 aliphatic heterocycles. The number of hydrogen-bond donors (Lipinski definition) is 1. The van der Waals surface area contributed by atoms with E-state index in [0.29, 0.717) is 24.7 Å². The molecule has 0 radical (unpaired) electrons. The Morgan fingerprint density at radius 1 is 1.05 bits per heavy atom. The van der Waals surface area contributed by atoms with Crippen LogP contribution >= 0.6 is 39.3 Å². The molecule has 6 rings (SSSR count). The van der Waals surface area contributed by atoms with E-state index in [4.69, 9.17) is 11.6 Å². The van der Waals surface area contributed by atoms with E-state index in [-0.39, 0.29) is 18.2 Å². The van der Waals surface area contributed by atoms with Crippen LogP contribution in [0.1, 0.15) is 29.2 Å². The van der Waals surface area contributed by atoms with Crippen LogP contribution in [0.5, 0.6) is 0 Å². The fraction of sp³-hybridized carbons (Fsp3) is 0.312. The van der Waals surface area contributed by atoms with Crippen LogP contribution in [0, 0.1) is 6.92 Å². The van der Waals surface area contributed by atoms with Gasteiger partial charge >= 0.3 is 0 Å². The summed E-state index contributed by atoms with van der Waals surface area (Å²) in [6.07, 6.45) is 2.08. The number of aromatic nitrogens is 1. The monoisotopic (exact) mass is 650 g/mol. The first-order chi connectivity index (χ1) is 19.7. The summed E-state index contributed by atoms with van der Waals surface area (Å²) in [6.45, 7) is 5.36. The highest BCUT2D eigenvalue weighted by molar-refractivity contribution is 9.10. The maximum Gasteiger partial charge on any atom is 0.242 e. The van der Waals surface area contributed by atoms with Crippen LogP contribution in [0.3, 0.4) is 0 Å². The molecule has 0 aliphatic carbocycles. The third kappa shape index (κ3) is 5.55. The second kappa shape index (κ2) is 11.5. The minimum Gasteiger partial charge on any atom is -0.361 e. The number of aryl methyl sites for hydroxylation is 1. The fourth-order valence-corrected chi connectivity index (χ4v) is 7.88. The third-order valence-corrected chi connectivity index (χ3v) is 10.4. The SMILES string of the molecule is Cc1ccc(S[C@@]2(C(=O)N3CCN(C)CC3)CC(=O)N(Cc3ccc(Br)cc3)[C@H]2c2c[nH]c3cc(Cl)ccc23)cc1. The number of nitrogens with one attached hydrogen (secondary N) is 1. The Morgan fingerprint density at radius 2 is 1.76 bits per heavy atom. The van der Waals surface area contributed by atoms with Gasteiger partial charge in [-0.15, -0.1) is 11.8 Å². The van der Waals surface area contributed by atoms with Crippen molar-refractivity contribution in [2.24, 2.45) is 0 Å². The largest absolute Gasteiger partial charge is 0.361 e. The summed E-state index contributed by atoms with van der Waals surface area (Å²) < 4.78 is -0.0691. The van der Waals surface area contributed by atoms with Gasteiger partial charge in [0.25, 0.3) is 0 Å². The zero-order valence-electron chi connectivity index (χ0n) is 23.1. The molecule has 2 aliphatic rings. The molecular formula is C32H32BrClN4O2S. The number of likely N-dealkylation sites (N-methyl/N-ethyl adjacent to an activating group) is 1. The molecule has 9 heteroatoms. The number of H-pyrrole nitrogens is 1. The van der Waals surface area contributed by atoms with Crippen LogP contribution in [0.15, 0.2) is 82.3 Å².